The van der Waals surface area contributed by atoms with Crippen molar-refractivity contribution in [3.05, 3.63) is 65.5 Å². The quantitative estimate of drug-likeness (QED) is 0.718. The van der Waals surface area contributed by atoms with Gasteiger partial charge in [-0.15, -0.1) is 0 Å². The first kappa shape index (κ1) is 20.1. The Hall–Kier alpha value is -3.22. The molecule has 0 aromatic heterocycles. The van der Waals surface area contributed by atoms with Gasteiger partial charge in [0.1, 0.15) is 11.6 Å². The largest absolute Gasteiger partial charge is 0.497 e. The summed E-state index contributed by atoms with van der Waals surface area (Å²) < 4.78 is 23.5. The van der Waals surface area contributed by atoms with Crippen molar-refractivity contribution in [2.75, 3.05) is 13.7 Å². The summed E-state index contributed by atoms with van der Waals surface area (Å²) in [6.45, 7) is 0.746. The maximum atomic E-state index is 13.8. The summed E-state index contributed by atoms with van der Waals surface area (Å²) in [4.78, 5) is 35.7. The third-order valence-corrected chi connectivity index (χ3v) is 3.84. The summed E-state index contributed by atoms with van der Waals surface area (Å²) in [6.07, 6.45) is 0.322. The Morgan fingerprint density at radius 1 is 1.11 bits per heavy atom. The van der Waals surface area contributed by atoms with Crippen molar-refractivity contribution >= 4 is 17.7 Å². The highest BCUT2D eigenvalue weighted by atomic mass is 19.1. The van der Waals surface area contributed by atoms with E-state index in [4.69, 9.17) is 9.47 Å². The highest BCUT2D eigenvalue weighted by molar-refractivity contribution is 5.93. The molecule has 1 N–H and O–H groups in total. The van der Waals surface area contributed by atoms with Crippen LogP contribution in [-0.4, -0.2) is 37.4 Å². The fourth-order valence-corrected chi connectivity index (χ4v) is 2.38. The van der Waals surface area contributed by atoms with E-state index in [1.54, 1.807) is 0 Å². The topological polar surface area (TPSA) is 81.7 Å². The lowest BCUT2D eigenvalue weighted by Crippen LogP contribution is -2.43. The Kier molecular flexibility index (Phi) is 7.05. The first-order chi connectivity index (χ1) is 12.9. The van der Waals surface area contributed by atoms with Gasteiger partial charge in [-0.3, -0.25) is 9.59 Å². The molecule has 0 spiro atoms. The molecule has 7 heteroatoms. The maximum Gasteiger partial charge on any atom is 0.341 e. The number of nitrogens with one attached hydrogen (secondary N) is 1. The molecular weight excluding hydrogens is 353 g/mol. The molecule has 0 aliphatic heterocycles. The van der Waals surface area contributed by atoms with Gasteiger partial charge >= 0.3 is 5.97 Å². The first-order valence-electron chi connectivity index (χ1n) is 8.25. The maximum absolute atomic E-state index is 13.8. The Morgan fingerprint density at radius 2 is 1.81 bits per heavy atom. The SMILES string of the molecule is COc1ccc(C(=O)OCC(=O)N[C@@H](Cc2ccccc2)C(C)=O)c(F)c1. The standard InChI is InChI=1S/C20H20FNO5/c1-13(23)18(10-14-6-4-3-5-7-14)22-19(24)12-27-20(25)16-9-8-15(26-2)11-17(16)21/h3-9,11,18H,10,12H2,1-2H3,(H,22,24)/t18-/m0/s1. The Labute approximate surface area is 156 Å². The van der Waals surface area contributed by atoms with Crippen LogP contribution in [0.1, 0.15) is 22.8 Å². The van der Waals surface area contributed by atoms with Gasteiger partial charge in [-0.2, -0.15) is 0 Å². The lowest BCUT2D eigenvalue weighted by Gasteiger charge is -2.16. The second kappa shape index (κ2) is 9.47. The van der Waals surface area contributed by atoms with Gasteiger partial charge in [0.15, 0.2) is 12.4 Å². The van der Waals surface area contributed by atoms with Crippen LogP contribution in [0.25, 0.3) is 0 Å². The lowest BCUT2D eigenvalue weighted by atomic mass is 10.0. The predicted molar refractivity (Wildman–Crippen MR) is 96.0 cm³/mol. The van der Waals surface area contributed by atoms with Crippen molar-refractivity contribution in [2.24, 2.45) is 0 Å². The number of carbonyl (C=O) groups excluding carboxylic acids is 3. The fourth-order valence-electron chi connectivity index (χ4n) is 2.38. The second-order valence-corrected chi connectivity index (χ2v) is 5.84. The molecular formula is C20H20FNO5. The third-order valence-electron chi connectivity index (χ3n) is 3.84. The van der Waals surface area contributed by atoms with E-state index >= 15 is 0 Å². The first-order valence-corrected chi connectivity index (χ1v) is 8.25. The van der Waals surface area contributed by atoms with Gasteiger partial charge in [-0.05, 0) is 31.0 Å². The van der Waals surface area contributed by atoms with Crippen LogP contribution >= 0.6 is 0 Å². The number of ether oxygens (including phenoxy) is 2. The van der Waals surface area contributed by atoms with E-state index in [1.807, 2.05) is 30.3 Å². The van der Waals surface area contributed by atoms with Crippen LogP contribution in [-0.2, 0) is 20.7 Å². The summed E-state index contributed by atoms with van der Waals surface area (Å²) in [5.41, 5.74) is 0.575. The summed E-state index contributed by atoms with van der Waals surface area (Å²) in [7, 11) is 1.37. The van der Waals surface area contributed by atoms with Gasteiger partial charge in [0.25, 0.3) is 5.91 Å². The summed E-state index contributed by atoms with van der Waals surface area (Å²) >= 11 is 0. The molecule has 1 atom stereocenters. The van der Waals surface area contributed by atoms with Crippen LogP contribution in [0.3, 0.4) is 0 Å². The van der Waals surface area contributed by atoms with Crippen molar-refractivity contribution in [1.82, 2.24) is 5.32 Å². The highest BCUT2D eigenvalue weighted by Crippen LogP contribution is 2.17. The van der Waals surface area contributed by atoms with E-state index in [-0.39, 0.29) is 17.1 Å². The minimum absolute atomic E-state index is 0.222. The molecule has 0 bridgehead atoms. The molecule has 6 nitrogen and oxygen atoms in total. The number of carbonyl (C=O) groups is 3. The molecule has 0 saturated heterocycles. The van der Waals surface area contributed by atoms with Gasteiger partial charge in [0.05, 0.1) is 18.7 Å². The molecule has 0 fully saturated rings. The van der Waals surface area contributed by atoms with Crippen molar-refractivity contribution in [2.45, 2.75) is 19.4 Å². The number of hydrogen-bond donors (Lipinski definition) is 1. The average molecular weight is 373 g/mol. The number of amides is 1. The van der Waals surface area contributed by atoms with Gasteiger partial charge in [-0.25, -0.2) is 9.18 Å². The van der Waals surface area contributed by atoms with Crippen molar-refractivity contribution in [3.63, 3.8) is 0 Å². The number of rotatable bonds is 8. The van der Waals surface area contributed by atoms with Gasteiger partial charge in [0, 0.05) is 6.07 Å². The van der Waals surface area contributed by atoms with Crippen LogP contribution in [0.5, 0.6) is 5.75 Å². The van der Waals surface area contributed by atoms with Crippen molar-refractivity contribution < 1.29 is 28.2 Å². The van der Waals surface area contributed by atoms with Gasteiger partial charge < -0.3 is 14.8 Å². The van der Waals surface area contributed by atoms with Gasteiger partial charge in [0.2, 0.25) is 0 Å². The molecule has 0 saturated carbocycles. The van der Waals surface area contributed by atoms with Crippen LogP contribution in [0, 0.1) is 5.82 Å². The number of benzene rings is 2. The van der Waals surface area contributed by atoms with Crippen LogP contribution in [0.15, 0.2) is 48.5 Å². The molecule has 27 heavy (non-hydrogen) atoms. The van der Waals surface area contributed by atoms with E-state index in [1.165, 1.54) is 26.2 Å². The summed E-state index contributed by atoms with van der Waals surface area (Å²) in [6, 6.07) is 12.1. The van der Waals surface area contributed by atoms with Crippen LogP contribution in [0.2, 0.25) is 0 Å². The van der Waals surface area contributed by atoms with E-state index in [0.717, 1.165) is 11.6 Å². The highest BCUT2D eigenvalue weighted by Gasteiger charge is 2.20. The molecule has 0 aliphatic carbocycles. The Balaban J connectivity index is 1.92. The number of hydrogen-bond acceptors (Lipinski definition) is 5. The Morgan fingerprint density at radius 3 is 2.41 bits per heavy atom. The molecule has 2 aromatic rings. The number of ketones is 1. The lowest BCUT2D eigenvalue weighted by molar-refractivity contribution is -0.128. The van der Waals surface area contributed by atoms with E-state index in [2.05, 4.69) is 5.32 Å². The number of methoxy groups -OCH3 is 1. The summed E-state index contributed by atoms with van der Waals surface area (Å²) in [5, 5.41) is 2.53. The molecule has 1 amide bonds. The van der Waals surface area contributed by atoms with Crippen molar-refractivity contribution in [1.29, 1.82) is 0 Å². The van der Waals surface area contributed by atoms with Crippen molar-refractivity contribution in [3.8, 4) is 5.75 Å². The smallest absolute Gasteiger partial charge is 0.341 e. The van der Waals surface area contributed by atoms with Crippen LogP contribution < -0.4 is 10.1 Å². The zero-order valence-electron chi connectivity index (χ0n) is 15.0. The van der Waals surface area contributed by atoms with E-state index in [0.29, 0.717) is 6.42 Å². The number of halogens is 1. The van der Waals surface area contributed by atoms with Crippen LogP contribution in [0.4, 0.5) is 4.39 Å². The molecule has 2 aromatic carbocycles. The second-order valence-electron chi connectivity index (χ2n) is 5.84. The predicted octanol–water partition coefficient (Wildman–Crippen LogP) is 2.31. The molecule has 0 heterocycles. The summed E-state index contributed by atoms with van der Waals surface area (Å²) in [5.74, 6) is -2.40. The van der Waals surface area contributed by atoms with Gasteiger partial charge in [-0.1, -0.05) is 30.3 Å². The third kappa shape index (κ3) is 5.91. The number of Topliss-reactive ketones (excluding diaryl/α,β-unsaturated/α-hetero) is 1. The normalized spacial score (nSPS) is 11.4. The van der Waals surface area contributed by atoms with E-state index < -0.39 is 30.3 Å². The molecule has 2 rings (SSSR count). The fraction of sp³-hybridized carbons (Fsp3) is 0.250. The van der Waals surface area contributed by atoms with E-state index in [9.17, 15) is 18.8 Å². The minimum Gasteiger partial charge on any atom is -0.497 e. The molecule has 142 valence electrons. The zero-order valence-corrected chi connectivity index (χ0v) is 15.0. The molecule has 0 unspecified atom stereocenters. The minimum atomic E-state index is -0.979. The average Bonchev–Trinajstić information content (AvgIpc) is 2.66. The number of esters is 1. The molecule has 0 radical (unpaired) electrons. The molecule has 0 aliphatic rings. The Bertz CT molecular complexity index is 822. The monoisotopic (exact) mass is 373 g/mol. The zero-order chi connectivity index (χ0) is 19.8.